The highest BCUT2D eigenvalue weighted by Crippen LogP contribution is 2.59. The van der Waals surface area contributed by atoms with Crippen LogP contribution in [0.2, 0.25) is 0 Å². The SMILES string of the molecule is N#CC1(C#N)Cc2cc3c(cc2CC1(C#N)C#N)CC1(C3)C(=O)C2(Cc3cc4c(cc3C2)CC(C#N)(C#N)C(C#N)(C#N)C4)c2ccccc21. The topological polar surface area (TPSA) is 207 Å². The van der Waals surface area contributed by atoms with Crippen LogP contribution in [0, 0.1) is 112 Å². The van der Waals surface area contributed by atoms with Gasteiger partial charge in [-0.2, -0.15) is 42.1 Å². The first kappa shape index (κ1) is 30.6. The monoisotopic (exact) mass is 644 g/mol. The van der Waals surface area contributed by atoms with Crippen LogP contribution >= 0.6 is 0 Å². The van der Waals surface area contributed by atoms with Crippen molar-refractivity contribution in [2.45, 2.75) is 62.2 Å². The van der Waals surface area contributed by atoms with E-state index in [1.165, 1.54) is 0 Å². The quantitative estimate of drug-likeness (QED) is 0.332. The molecule has 50 heavy (non-hydrogen) atoms. The molecule has 234 valence electrons. The molecule has 0 saturated heterocycles. The Morgan fingerprint density at radius 2 is 0.600 bits per heavy atom. The molecule has 3 aromatic carbocycles. The lowest BCUT2D eigenvalue weighted by molar-refractivity contribution is -0.128. The van der Waals surface area contributed by atoms with Crippen LogP contribution in [0.25, 0.3) is 0 Å². The first-order valence-electron chi connectivity index (χ1n) is 16.3. The van der Waals surface area contributed by atoms with Crippen molar-refractivity contribution in [2.24, 2.45) is 21.7 Å². The van der Waals surface area contributed by atoms with Gasteiger partial charge in [0, 0.05) is 25.7 Å². The van der Waals surface area contributed by atoms with Crippen LogP contribution in [-0.2, 0) is 67.0 Å². The van der Waals surface area contributed by atoms with E-state index in [1.807, 2.05) is 97.1 Å². The summed E-state index contributed by atoms with van der Waals surface area (Å²) >= 11 is 0. The molecule has 0 atom stereocenters. The van der Waals surface area contributed by atoms with Gasteiger partial charge in [-0.1, -0.05) is 48.5 Å². The number of nitriles is 8. The first-order chi connectivity index (χ1) is 24.1. The summed E-state index contributed by atoms with van der Waals surface area (Å²) in [6, 6.07) is 31.8. The van der Waals surface area contributed by atoms with E-state index in [-0.39, 0.29) is 31.5 Å². The van der Waals surface area contributed by atoms with Gasteiger partial charge in [-0.05, 0) is 81.3 Å². The Balaban J connectivity index is 1.20. The number of carbonyl (C=O) groups excluding carboxylic acids is 1. The second-order valence-corrected chi connectivity index (χ2v) is 14.7. The van der Waals surface area contributed by atoms with Gasteiger partial charge >= 0.3 is 0 Å². The summed E-state index contributed by atoms with van der Waals surface area (Å²) in [6.07, 6.45) is 1.54. The summed E-state index contributed by atoms with van der Waals surface area (Å²) in [5, 5.41) is 80.5. The molecule has 0 aromatic heterocycles. The van der Waals surface area contributed by atoms with Gasteiger partial charge in [0.2, 0.25) is 0 Å². The lowest BCUT2D eigenvalue weighted by Gasteiger charge is -2.37. The van der Waals surface area contributed by atoms with Crippen LogP contribution in [0.4, 0.5) is 0 Å². The summed E-state index contributed by atoms with van der Waals surface area (Å²) in [5.41, 5.74) is -0.269. The number of benzene rings is 3. The molecule has 0 N–H and O–H groups in total. The highest BCUT2D eigenvalue weighted by Gasteiger charge is 2.64. The fourth-order valence-electron chi connectivity index (χ4n) is 9.97. The first-order valence-corrected chi connectivity index (χ1v) is 16.3. The van der Waals surface area contributed by atoms with Crippen molar-refractivity contribution in [2.75, 3.05) is 0 Å². The van der Waals surface area contributed by atoms with E-state index in [0.717, 1.165) is 55.6 Å². The zero-order valence-corrected chi connectivity index (χ0v) is 26.8. The number of nitrogens with zero attached hydrogens (tertiary/aromatic N) is 8. The zero-order chi connectivity index (χ0) is 35.3. The minimum atomic E-state index is -1.82. The summed E-state index contributed by atoms with van der Waals surface area (Å²) in [5.74, 6) is 0.105. The summed E-state index contributed by atoms with van der Waals surface area (Å²) in [4.78, 5) is 15.2. The Morgan fingerprint density at radius 1 is 0.380 bits per heavy atom. The summed E-state index contributed by atoms with van der Waals surface area (Å²) in [7, 11) is 0. The smallest absolute Gasteiger partial charge is 0.179 e. The Morgan fingerprint density at radius 3 is 0.820 bits per heavy atom. The van der Waals surface area contributed by atoms with Gasteiger partial charge in [0.1, 0.15) is 0 Å². The number of rotatable bonds is 0. The van der Waals surface area contributed by atoms with Gasteiger partial charge in [0.05, 0.1) is 59.4 Å². The Hall–Kier alpha value is -6.75. The molecular weight excluding hydrogens is 621 g/mol. The van der Waals surface area contributed by atoms with Gasteiger partial charge < -0.3 is 0 Å². The molecule has 0 bridgehead atoms. The van der Waals surface area contributed by atoms with Gasteiger partial charge in [-0.25, -0.2) is 0 Å². The highest BCUT2D eigenvalue weighted by molar-refractivity contribution is 6.06. The van der Waals surface area contributed by atoms with Crippen molar-refractivity contribution < 1.29 is 4.79 Å². The number of hydrogen-bond donors (Lipinski definition) is 0. The van der Waals surface area contributed by atoms with Crippen molar-refractivity contribution in [3.05, 3.63) is 104 Å². The molecule has 0 heterocycles. The number of ketones is 1. The van der Waals surface area contributed by atoms with Gasteiger partial charge in [0.25, 0.3) is 0 Å². The molecule has 2 spiro atoms. The fourth-order valence-corrected chi connectivity index (χ4v) is 9.97. The van der Waals surface area contributed by atoms with Gasteiger partial charge in [-0.3, -0.25) is 4.79 Å². The Labute approximate surface area is 288 Å². The normalized spacial score (nSPS) is 21.8. The molecule has 0 unspecified atom stereocenters. The number of hydrogen-bond acceptors (Lipinski definition) is 9. The summed E-state index contributed by atoms with van der Waals surface area (Å²) < 4.78 is 0. The molecule has 0 radical (unpaired) electrons. The minimum Gasteiger partial charge on any atom is -0.298 e. The van der Waals surface area contributed by atoms with Gasteiger partial charge in [0.15, 0.2) is 27.4 Å². The number of fused-ring (bicyclic) bond motifs is 7. The molecule has 0 saturated carbocycles. The van der Waals surface area contributed by atoms with Gasteiger partial charge in [-0.15, -0.1) is 0 Å². The van der Waals surface area contributed by atoms with E-state index in [1.54, 1.807) is 0 Å². The van der Waals surface area contributed by atoms with Crippen LogP contribution in [0.5, 0.6) is 0 Å². The zero-order valence-electron chi connectivity index (χ0n) is 26.8. The van der Waals surface area contributed by atoms with Crippen LogP contribution < -0.4 is 0 Å². The van der Waals surface area contributed by atoms with Crippen molar-refractivity contribution in [1.29, 1.82) is 42.1 Å². The van der Waals surface area contributed by atoms with Crippen LogP contribution in [0.15, 0.2) is 48.5 Å². The maximum atomic E-state index is 15.2. The van der Waals surface area contributed by atoms with Crippen molar-refractivity contribution >= 4 is 5.78 Å². The molecule has 9 heteroatoms. The van der Waals surface area contributed by atoms with E-state index in [4.69, 9.17) is 0 Å². The average molecular weight is 645 g/mol. The highest BCUT2D eigenvalue weighted by atomic mass is 16.1. The molecule has 9 nitrogen and oxygen atoms in total. The van der Waals surface area contributed by atoms with E-state index in [0.29, 0.717) is 25.7 Å². The maximum Gasteiger partial charge on any atom is 0.179 e. The standard InChI is InChI=1S/C41H24N8O/c42-17-36(18-43)9-25-5-29-13-40(14-30(29)6-26(25)10-37(36,19-44)20-45)33-3-1-2-4-34(33)41(35(40)50)15-31-7-27-11-38(21-46,22-47)39(23-48,24-49)12-28(27)8-32(31)16-41/h1-8H,9-16H2. The Bertz CT molecular complexity index is 2140. The van der Waals surface area contributed by atoms with E-state index in [2.05, 4.69) is 0 Å². The van der Waals surface area contributed by atoms with E-state index >= 15 is 4.79 Å². The van der Waals surface area contributed by atoms with Crippen molar-refractivity contribution in [3.63, 3.8) is 0 Å². The third-order valence-electron chi connectivity index (χ3n) is 12.6. The number of Topliss-reactive ketones (excluding diaryl/α,β-unsaturated/α-hetero) is 1. The van der Waals surface area contributed by atoms with E-state index < -0.39 is 32.5 Å². The van der Waals surface area contributed by atoms with Crippen molar-refractivity contribution in [3.8, 4) is 48.6 Å². The molecule has 5 aliphatic rings. The van der Waals surface area contributed by atoms with Crippen molar-refractivity contribution in [1.82, 2.24) is 0 Å². The third kappa shape index (κ3) is 3.30. The largest absolute Gasteiger partial charge is 0.298 e. The van der Waals surface area contributed by atoms with Crippen LogP contribution in [0.1, 0.15) is 55.6 Å². The van der Waals surface area contributed by atoms with E-state index in [9.17, 15) is 42.1 Å². The average Bonchev–Trinajstić information content (AvgIpc) is 3.78. The molecule has 0 fully saturated rings. The predicted molar refractivity (Wildman–Crippen MR) is 172 cm³/mol. The lowest BCUT2D eigenvalue weighted by Crippen LogP contribution is -2.45. The molecule has 0 amide bonds. The molecular formula is C41H24N8O. The number of carbonyl (C=O) groups is 1. The Kier molecular flexibility index (Phi) is 5.91. The predicted octanol–water partition coefficient (Wildman–Crippen LogP) is 4.67. The second kappa shape index (κ2) is 9.66. The molecule has 8 rings (SSSR count). The van der Waals surface area contributed by atoms with Crippen LogP contribution in [0.3, 0.4) is 0 Å². The lowest BCUT2D eigenvalue weighted by atomic mass is 9.57. The minimum absolute atomic E-state index is 0.0526. The summed E-state index contributed by atoms with van der Waals surface area (Å²) in [6.45, 7) is 0. The molecule has 3 aromatic rings. The fraction of sp³-hybridized carbons (Fsp3) is 0.341. The second-order valence-electron chi connectivity index (χ2n) is 14.7. The molecule has 5 aliphatic carbocycles. The molecule has 0 aliphatic heterocycles. The third-order valence-corrected chi connectivity index (χ3v) is 12.6. The maximum absolute atomic E-state index is 15.2. The van der Waals surface area contributed by atoms with Crippen LogP contribution in [-0.4, -0.2) is 5.78 Å².